The van der Waals surface area contributed by atoms with Gasteiger partial charge in [-0.15, -0.1) is 0 Å². The molecule has 3 heterocycles. The van der Waals surface area contributed by atoms with E-state index in [0.29, 0.717) is 11.4 Å². The normalized spacial score (nSPS) is 28.7. The molecule has 7 nitrogen and oxygen atoms in total. The van der Waals surface area contributed by atoms with E-state index in [0.717, 1.165) is 11.1 Å². The molecule has 3 aliphatic heterocycles. The number of nitrogens with zero attached hydrogens (tertiary/aromatic N) is 2. The van der Waals surface area contributed by atoms with Gasteiger partial charge in [-0.25, -0.2) is 9.69 Å². The Morgan fingerprint density at radius 3 is 2.58 bits per heavy atom. The Kier molecular flexibility index (Phi) is 4.32. The first-order valence-electron chi connectivity index (χ1n) is 10.5. The minimum atomic E-state index is -1.36. The number of rotatable bonds is 3. The van der Waals surface area contributed by atoms with Crippen LogP contribution in [0, 0.1) is 18.8 Å². The fourth-order valence-electron chi connectivity index (χ4n) is 5.36. The summed E-state index contributed by atoms with van der Waals surface area (Å²) in [4.78, 5) is 43.4. The highest BCUT2D eigenvalue weighted by Gasteiger charge is 2.72. The molecule has 0 spiro atoms. The molecule has 2 aromatic rings. The number of esters is 1. The lowest BCUT2D eigenvalue weighted by Crippen LogP contribution is -2.51. The highest BCUT2D eigenvalue weighted by atomic mass is 16.5. The van der Waals surface area contributed by atoms with Gasteiger partial charge in [0, 0.05) is 11.5 Å². The third-order valence-corrected chi connectivity index (χ3v) is 6.75. The van der Waals surface area contributed by atoms with Crippen molar-refractivity contribution in [2.24, 2.45) is 11.8 Å². The van der Waals surface area contributed by atoms with Crippen molar-refractivity contribution in [2.75, 3.05) is 18.1 Å². The molecule has 31 heavy (non-hydrogen) atoms. The molecule has 0 radical (unpaired) electrons. The van der Waals surface area contributed by atoms with Crippen LogP contribution in [0.3, 0.4) is 0 Å². The third kappa shape index (κ3) is 2.55. The molecule has 0 bridgehead atoms. The van der Waals surface area contributed by atoms with Gasteiger partial charge in [0.15, 0.2) is 0 Å². The van der Waals surface area contributed by atoms with Crippen molar-refractivity contribution in [3.05, 3.63) is 59.7 Å². The zero-order valence-corrected chi connectivity index (χ0v) is 17.7. The lowest BCUT2D eigenvalue weighted by Gasteiger charge is -2.34. The van der Waals surface area contributed by atoms with Gasteiger partial charge in [0.25, 0.3) is 5.91 Å². The second-order valence-corrected chi connectivity index (χ2v) is 8.46. The van der Waals surface area contributed by atoms with E-state index in [1.807, 2.05) is 43.3 Å². The Morgan fingerprint density at radius 2 is 1.87 bits per heavy atom. The van der Waals surface area contributed by atoms with E-state index in [4.69, 9.17) is 9.47 Å². The number of hydrogen-bond acceptors (Lipinski definition) is 5. The summed E-state index contributed by atoms with van der Waals surface area (Å²) >= 11 is 0. The van der Waals surface area contributed by atoms with Gasteiger partial charge in [0.05, 0.1) is 30.9 Å². The van der Waals surface area contributed by atoms with Gasteiger partial charge in [-0.2, -0.15) is 0 Å². The molecule has 3 aliphatic rings. The summed E-state index contributed by atoms with van der Waals surface area (Å²) in [5.74, 6) is -1.40. The van der Waals surface area contributed by atoms with Gasteiger partial charge < -0.3 is 14.4 Å². The Morgan fingerprint density at radius 1 is 1.16 bits per heavy atom. The number of urea groups is 1. The van der Waals surface area contributed by atoms with Crippen LogP contribution in [0.25, 0.3) is 0 Å². The molecule has 2 aromatic carbocycles. The lowest BCUT2D eigenvalue weighted by molar-refractivity contribution is -0.154. The van der Waals surface area contributed by atoms with Crippen molar-refractivity contribution in [1.82, 2.24) is 4.90 Å². The van der Waals surface area contributed by atoms with Gasteiger partial charge in [-0.3, -0.25) is 9.59 Å². The molecule has 7 heteroatoms. The summed E-state index contributed by atoms with van der Waals surface area (Å²) in [5, 5.41) is 0. The maximum atomic E-state index is 13.8. The predicted molar refractivity (Wildman–Crippen MR) is 113 cm³/mol. The van der Waals surface area contributed by atoms with E-state index >= 15 is 0 Å². The second kappa shape index (κ2) is 6.83. The van der Waals surface area contributed by atoms with E-state index in [2.05, 4.69) is 0 Å². The summed E-state index contributed by atoms with van der Waals surface area (Å²) < 4.78 is 11.3. The van der Waals surface area contributed by atoms with Gasteiger partial charge in [-0.1, -0.05) is 35.9 Å². The van der Waals surface area contributed by atoms with Crippen LogP contribution < -0.4 is 9.64 Å². The second-order valence-electron chi connectivity index (χ2n) is 8.46. The highest BCUT2D eigenvalue weighted by Crippen LogP contribution is 2.58. The van der Waals surface area contributed by atoms with Crippen LogP contribution in [0.1, 0.15) is 31.0 Å². The number of anilines is 1. The molecule has 160 valence electrons. The van der Waals surface area contributed by atoms with Crippen LogP contribution in [-0.4, -0.2) is 41.6 Å². The maximum absolute atomic E-state index is 13.8. The quantitative estimate of drug-likeness (QED) is 0.561. The number of benzene rings is 2. The largest absolute Gasteiger partial charge is 0.493 e. The van der Waals surface area contributed by atoms with Crippen molar-refractivity contribution in [1.29, 1.82) is 0 Å². The zero-order chi connectivity index (χ0) is 21.9. The molecule has 0 aliphatic carbocycles. The first-order chi connectivity index (χ1) is 14.9. The topological polar surface area (TPSA) is 76.2 Å². The summed E-state index contributed by atoms with van der Waals surface area (Å²) in [6, 6.07) is 13.8. The van der Waals surface area contributed by atoms with Gasteiger partial charge in [0.1, 0.15) is 11.3 Å². The number of ether oxygens (including phenoxy) is 2. The molecule has 0 saturated carbocycles. The fourth-order valence-corrected chi connectivity index (χ4v) is 5.36. The summed E-state index contributed by atoms with van der Waals surface area (Å²) in [6.07, 6.45) is 0. The van der Waals surface area contributed by atoms with Gasteiger partial charge in [0.2, 0.25) is 0 Å². The number of para-hydroxylation sites is 1. The standard InChI is InChI=1S/C24H24N2O5/c1-4-30-21(27)19-17-13-31-18-8-6-5-7-16(18)20(17)26-23(29)25(22(28)24(19,26)3)15-11-9-14(2)10-12-15/h5-12,17,19-20H,4,13H2,1-3H3/t17?,19?,20?,24-/m1/s1. The van der Waals surface area contributed by atoms with E-state index < -0.39 is 35.4 Å². The van der Waals surface area contributed by atoms with Crippen molar-refractivity contribution in [3.63, 3.8) is 0 Å². The predicted octanol–water partition coefficient (Wildman–Crippen LogP) is 3.47. The Bertz CT molecular complexity index is 1080. The molecule has 0 N–H and O–H groups in total. The lowest BCUT2D eigenvalue weighted by atomic mass is 9.77. The number of carbonyl (C=O) groups is 3. The number of imide groups is 1. The fraction of sp³-hybridized carbons (Fsp3) is 0.375. The Labute approximate surface area is 180 Å². The van der Waals surface area contributed by atoms with Crippen molar-refractivity contribution < 1.29 is 23.9 Å². The average Bonchev–Trinajstić information content (AvgIpc) is 3.14. The van der Waals surface area contributed by atoms with Crippen LogP contribution >= 0.6 is 0 Å². The minimum absolute atomic E-state index is 0.198. The first kappa shape index (κ1) is 19.6. The molecule has 2 fully saturated rings. The van der Waals surface area contributed by atoms with Crippen LogP contribution in [0.15, 0.2) is 48.5 Å². The van der Waals surface area contributed by atoms with Crippen molar-refractivity contribution in [2.45, 2.75) is 32.4 Å². The van der Waals surface area contributed by atoms with Crippen LogP contribution in [0.2, 0.25) is 0 Å². The SMILES string of the molecule is CCOC(=O)C1C2COc3ccccc3C2N2C(=O)N(c3ccc(C)cc3)C(=O)[C@@]12C. The van der Waals surface area contributed by atoms with Crippen LogP contribution in [-0.2, 0) is 14.3 Å². The number of aryl methyl sites for hydroxylation is 1. The summed E-state index contributed by atoms with van der Waals surface area (Å²) in [7, 11) is 0. The summed E-state index contributed by atoms with van der Waals surface area (Å²) in [6.45, 7) is 5.80. The maximum Gasteiger partial charge on any atom is 0.332 e. The van der Waals surface area contributed by atoms with Crippen LogP contribution in [0.4, 0.5) is 10.5 Å². The molecule has 3 amide bonds. The summed E-state index contributed by atoms with van der Waals surface area (Å²) in [5.41, 5.74) is 0.974. The Balaban J connectivity index is 1.67. The monoisotopic (exact) mass is 420 g/mol. The number of amides is 3. The van der Waals surface area contributed by atoms with E-state index in [9.17, 15) is 14.4 Å². The number of fused-ring (bicyclic) bond motifs is 5. The van der Waals surface area contributed by atoms with E-state index in [1.54, 1.807) is 30.9 Å². The van der Waals surface area contributed by atoms with Gasteiger partial charge in [-0.05, 0) is 39.0 Å². The molecule has 5 rings (SSSR count). The molecule has 2 saturated heterocycles. The van der Waals surface area contributed by atoms with Crippen molar-refractivity contribution >= 4 is 23.6 Å². The van der Waals surface area contributed by atoms with Crippen LogP contribution in [0.5, 0.6) is 5.75 Å². The highest BCUT2D eigenvalue weighted by molar-refractivity contribution is 6.24. The molecule has 3 unspecified atom stereocenters. The van der Waals surface area contributed by atoms with E-state index in [-0.39, 0.29) is 19.1 Å². The van der Waals surface area contributed by atoms with Gasteiger partial charge >= 0.3 is 12.0 Å². The third-order valence-electron chi connectivity index (χ3n) is 6.75. The zero-order valence-electron chi connectivity index (χ0n) is 17.7. The minimum Gasteiger partial charge on any atom is -0.493 e. The van der Waals surface area contributed by atoms with E-state index in [1.165, 1.54) is 4.90 Å². The molecular weight excluding hydrogens is 396 g/mol. The average molecular weight is 420 g/mol. The number of hydrogen-bond donors (Lipinski definition) is 0. The molecule has 0 aromatic heterocycles. The first-order valence-corrected chi connectivity index (χ1v) is 10.5. The number of carbonyl (C=O) groups excluding carboxylic acids is 3. The molecule has 4 atom stereocenters. The smallest absolute Gasteiger partial charge is 0.332 e. The molecular formula is C24H24N2O5. The Hall–Kier alpha value is -3.35. The van der Waals surface area contributed by atoms with Crippen molar-refractivity contribution in [3.8, 4) is 5.75 Å².